The number of carbonyl (C=O) groups excluding carboxylic acids is 1. The van der Waals surface area contributed by atoms with Gasteiger partial charge in [-0.3, -0.25) is 4.79 Å². The molecule has 1 unspecified atom stereocenters. The maximum Gasteiger partial charge on any atom is 0.223 e. The highest BCUT2D eigenvalue weighted by molar-refractivity contribution is 5.77. The van der Waals surface area contributed by atoms with Crippen LogP contribution < -0.4 is 5.32 Å². The van der Waals surface area contributed by atoms with Crippen molar-refractivity contribution in [3.63, 3.8) is 0 Å². The zero-order valence-corrected chi connectivity index (χ0v) is 10.2. The number of aliphatic hydroxyl groups is 1. The molecule has 3 heteroatoms. The molecule has 0 aromatic heterocycles. The number of rotatable bonds is 4. The van der Waals surface area contributed by atoms with Crippen LogP contribution in [0.3, 0.4) is 0 Å². The summed E-state index contributed by atoms with van der Waals surface area (Å²) in [5.41, 5.74) is -0.705. The second-order valence-corrected chi connectivity index (χ2v) is 5.66. The first kappa shape index (κ1) is 11.9. The molecule has 2 saturated carbocycles. The number of nitrogens with one attached hydrogen (secondary N) is 1. The quantitative estimate of drug-likeness (QED) is 0.768. The molecule has 2 aliphatic rings. The number of hydrogen-bond donors (Lipinski definition) is 2. The van der Waals surface area contributed by atoms with E-state index in [-0.39, 0.29) is 11.9 Å². The first-order valence-electron chi connectivity index (χ1n) is 6.61. The third kappa shape index (κ3) is 2.76. The second-order valence-electron chi connectivity index (χ2n) is 5.66. The molecule has 1 amide bonds. The molecule has 2 fully saturated rings. The Morgan fingerprint density at radius 2 is 2.00 bits per heavy atom. The minimum absolute atomic E-state index is 0.0313. The zero-order valence-electron chi connectivity index (χ0n) is 10.2. The summed E-state index contributed by atoms with van der Waals surface area (Å²) in [6.45, 7) is 2.08. The number of hydrogen-bond acceptors (Lipinski definition) is 2. The highest BCUT2D eigenvalue weighted by Gasteiger charge is 2.34. The summed E-state index contributed by atoms with van der Waals surface area (Å²) in [5.74, 6) is 0.700. The Hall–Kier alpha value is -0.570. The smallest absolute Gasteiger partial charge is 0.223 e. The molecule has 16 heavy (non-hydrogen) atoms. The third-order valence-electron chi connectivity index (χ3n) is 4.27. The lowest BCUT2D eigenvalue weighted by Crippen LogP contribution is -2.43. The summed E-state index contributed by atoms with van der Waals surface area (Å²) in [7, 11) is 0. The Morgan fingerprint density at radius 3 is 2.50 bits per heavy atom. The van der Waals surface area contributed by atoms with E-state index < -0.39 is 5.60 Å². The van der Waals surface area contributed by atoms with Crippen molar-refractivity contribution in [3.05, 3.63) is 0 Å². The molecule has 0 heterocycles. The molecular weight excluding hydrogens is 202 g/mol. The predicted octanol–water partition coefficient (Wildman–Crippen LogP) is 1.99. The van der Waals surface area contributed by atoms with Crippen LogP contribution in [0.5, 0.6) is 0 Å². The van der Waals surface area contributed by atoms with Crippen molar-refractivity contribution in [2.75, 3.05) is 0 Å². The molecule has 92 valence electrons. The zero-order chi connectivity index (χ0) is 11.6. The fraction of sp³-hybridized carbons (Fsp3) is 0.923. The van der Waals surface area contributed by atoms with Gasteiger partial charge in [-0.25, -0.2) is 0 Å². The van der Waals surface area contributed by atoms with Crippen LogP contribution >= 0.6 is 0 Å². The fourth-order valence-electron chi connectivity index (χ4n) is 2.87. The van der Waals surface area contributed by atoms with E-state index in [2.05, 4.69) is 12.2 Å². The van der Waals surface area contributed by atoms with Crippen LogP contribution in [0.15, 0.2) is 0 Å². The van der Waals surface area contributed by atoms with Crippen molar-refractivity contribution in [2.24, 2.45) is 5.92 Å². The molecule has 0 spiro atoms. The Bertz CT molecular complexity index is 255. The molecule has 0 aromatic rings. The van der Waals surface area contributed by atoms with E-state index in [1.54, 1.807) is 0 Å². The van der Waals surface area contributed by atoms with Gasteiger partial charge >= 0.3 is 0 Å². The van der Waals surface area contributed by atoms with Gasteiger partial charge in [0.25, 0.3) is 0 Å². The lowest BCUT2D eigenvalue weighted by molar-refractivity contribution is -0.127. The lowest BCUT2D eigenvalue weighted by Gasteiger charge is -2.32. The monoisotopic (exact) mass is 225 g/mol. The van der Waals surface area contributed by atoms with Crippen LogP contribution in [-0.4, -0.2) is 22.7 Å². The Morgan fingerprint density at radius 1 is 1.38 bits per heavy atom. The van der Waals surface area contributed by atoms with Gasteiger partial charge in [-0.1, -0.05) is 19.3 Å². The Kier molecular flexibility index (Phi) is 3.53. The van der Waals surface area contributed by atoms with E-state index in [1.165, 1.54) is 19.3 Å². The van der Waals surface area contributed by atoms with Crippen LogP contribution in [0, 0.1) is 5.92 Å². The molecule has 3 nitrogen and oxygen atoms in total. The number of amides is 1. The van der Waals surface area contributed by atoms with Crippen LogP contribution in [-0.2, 0) is 4.79 Å². The van der Waals surface area contributed by atoms with E-state index in [1.807, 2.05) is 0 Å². The summed E-state index contributed by atoms with van der Waals surface area (Å²) in [4.78, 5) is 11.8. The van der Waals surface area contributed by atoms with Crippen LogP contribution in [0.25, 0.3) is 0 Å². The topological polar surface area (TPSA) is 49.3 Å². The number of carbonyl (C=O) groups is 1. The van der Waals surface area contributed by atoms with Gasteiger partial charge in [-0.05, 0) is 38.5 Å². The fourth-order valence-corrected chi connectivity index (χ4v) is 2.87. The van der Waals surface area contributed by atoms with Gasteiger partial charge in [-0.2, -0.15) is 0 Å². The molecule has 0 radical (unpaired) electrons. The molecular formula is C13H23NO2. The molecule has 2 rings (SSSR count). The molecule has 0 saturated heterocycles. The second kappa shape index (κ2) is 4.74. The highest BCUT2D eigenvalue weighted by Crippen LogP contribution is 2.33. The van der Waals surface area contributed by atoms with Crippen LogP contribution in [0.2, 0.25) is 0 Å². The molecule has 2 N–H and O–H groups in total. The first-order chi connectivity index (χ1) is 7.59. The van der Waals surface area contributed by atoms with Gasteiger partial charge in [0.15, 0.2) is 0 Å². The van der Waals surface area contributed by atoms with E-state index in [9.17, 15) is 9.90 Å². The molecule has 0 aliphatic heterocycles. The van der Waals surface area contributed by atoms with Crippen molar-refractivity contribution in [1.29, 1.82) is 0 Å². The van der Waals surface area contributed by atoms with Gasteiger partial charge in [0.2, 0.25) is 5.91 Å². The van der Waals surface area contributed by atoms with E-state index in [0.717, 1.165) is 25.7 Å². The van der Waals surface area contributed by atoms with Crippen molar-refractivity contribution >= 4 is 5.91 Å². The minimum atomic E-state index is -0.705. The maximum absolute atomic E-state index is 11.8. The third-order valence-corrected chi connectivity index (χ3v) is 4.27. The predicted molar refractivity (Wildman–Crippen MR) is 63.0 cm³/mol. The first-order valence-corrected chi connectivity index (χ1v) is 6.61. The SMILES string of the molecule is CC(NC(=O)CC1(O)CCCC1)C1CCC1. The average molecular weight is 225 g/mol. The normalized spacial score (nSPS) is 26.1. The van der Waals surface area contributed by atoms with Crippen molar-refractivity contribution in [1.82, 2.24) is 5.32 Å². The summed E-state index contributed by atoms with van der Waals surface area (Å²) in [6, 6.07) is 0.284. The van der Waals surface area contributed by atoms with E-state index in [4.69, 9.17) is 0 Å². The summed E-state index contributed by atoms with van der Waals surface area (Å²) in [6.07, 6.45) is 7.77. The van der Waals surface area contributed by atoms with Crippen molar-refractivity contribution < 1.29 is 9.90 Å². The maximum atomic E-state index is 11.8. The van der Waals surface area contributed by atoms with Gasteiger partial charge in [0.1, 0.15) is 0 Å². The van der Waals surface area contributed by atoms with Gasteiger partial charge < -0.3 is 10.4 Å². The van der Waals surface area contributed by atoms with Gasteiger partial charge in [0.05, 0.1) is 12.0 Å². The summed E-state index contributed by atoms with van der Waals surface area (Å²) >= 11 is 0. The van der Waals surface area contributed by atoms with Crippen LogP contribution in [0.1, 0.15) is 58.3 Å². The minimum Gasteiger partial charge on any atom is -0.389 e. The average Bonchev–Trinajstić information content (AvgIpc) is 2.47. The molecule has 1 atom stereocenters. The Balaban J connectivity index is 1.74. The molecule has 0 aromatic carbocycles. The molecule has 0 bridgehead atoms. The van der Waals surface area contributed by atoms with E-state index in [0.29, 0.717) is 12.3 Å². The van der Waals surface area contributed by atoms with Crippen molar-refractivity contribution in [2.45, 2.75) is 69.9 Å². The standard InChI is InChI=1S/C13H23NO2/c1-10(11-5-4-6-11)14-12(15)9-13(16)7-2-3-8-13/h10-11,16H,2-9H2,1H3,(H,14,15). The summed E-state index contributed by atoms with van der Waals surface area (Å²) < 4.78 is 0. The Labute approximate surface area is 97.6 Å². The van der Waals surface area contributed by atoms with Crippen molar-refractivity contribution in [3.8, 4) is 0 Å². The highest BCUT2D eigenvalue weighted by atomic mass is 16.3. The van der Waals surface area contributed by atoms with E-state index >= 15 is 0 Å². The largest absolute Gasteiger partial charge is 0.389 e. The molecule has 2 aliphatic carbocycles. The van der Waals surface area contributed by atoms with Gasteiger partial charge in [-0.15, -0.1) is 0 Å². The summed E-state index contributed by atoms with van der Waals surface area (Å²) in [5, 5.41) is 13.2. The van der Waals surface area contributed by atoms with Gasteiger partial charge in [0, 0.05) is 6.04 Å². The lowest BCUT2D eigenvalue weighted by atomic mass is 9.80. The van der Waals surface area contributed by atoms with Crippen LogP contribution in [0.4, 0.5) is 0 Å².